The third kappa shape index (κ3) is 2.10. The van der Waals surface area contributed by atoms with Crippen LogP contribution in [0.15, 0.2) is 0 Å². The predicted molar refractivity (Wildman–Crippen MR) is 63.0 cm³/mol. The minimum atomic E-state index is 0.109. The molecular formula is C13H23NO2. The Balaban J connectivity index is 2.03. The number of fused-ring (bicyclic) bond motifs is 1. The molecule has 2 rings (SSSR count). The van der Waals surface area contributed by atoms with Crippen molar-refractivity contribution >= 4 is 5.91 Å². The summed E-state index contributed by atoms with van der Waals surface area (Å²) in [6.07, 6.45) is 7.66. The molecule has 2 aliphatic heterocycles. The predicted octanol–water partition coefficient (Wildman–Crippen LogP) is 1.94. The number of aliphatic hydroxyl groups is 1. The topological polar surface area (TPSA) is 40.5 Å². The standard InChI is InChI=1S/C13H23NO2/c1-2-3-4-10-5-6-11(9-15)14-12(10)7-8-13(14)16/h10-12,15H,2-9H2,1H3/t10-,11+,12+/m1/s1. The zero-order valence-electron chi connectivity index (χ0n) is 10.2. The van der Waals surface area contributed by atoms with Crippen molar-refractivity contribution in [1.29, 1.82) is 0 Å². The molecule has 16 heavy (non-hydrogen) atoms. The van der Waals surface area contributed by atoms with Crippen molar-refractivity contribution in [3.05, 3.63) is 0 Å². The Morgan fingerprint density at radius 1 is 1.38 bits per heavy atom. The minimum Gasteiger partial charge on any atom is -0.394 e. The van der Waals surface area contributed by atoms with E-state index in [4.69, 9.17) is 0 Å². The van der Waals surface area contributed by atoms with E-state index in [0.29, 0.717) is 18.4 Å². The highest BCUT2D eigenvalue weighted by molar-refractivity contribution is 5.79. The van der Waals surface area contributed by atoms with Gasteiger partial charge in [-0.15, -0.1) is 0 Å². The highest BCUT2D eigenvalue weighted by Gasteiger charge is 2.42. The number of aliphatic hydroxyl groups excluding tert-OH is 1. The summed E-state index contributed by atoms with van der Waals surface area (Å²) in [5.41, 5.74) is 0. The lowest BCUT2D eigenvalue weighted by Crippen LogP contribution is -2.50. The van der Waals surface area contributed by atoms with E-state index >= 15 is 0 Å². The van der Waals surface area contributed by atoms with Crippen LogP contribution in [0.5, 0.6) is 0 Å². The average Bonchev–Trinajstić information content (AvgIpc) is 2.69. The van der Waals surface area contributed by atoms with Crippen LogP contribution in [0.1, 0.15) is 51.9 Å². The Labute approximate surface area is 97.8 Å². The van der Waals surface area contributed by atoms with Crippen molar-refractivity contribution in [2.24, 2.45) is 5.92 Å². The van der Waals surface area contributed by atoms with Gasteiger partial charge in [0.25, 0.3) is 0 Å². The summed E-state index contributed by atoms with van der Waals surface area (Å²) < 4.78 is 0. The van der Waals surface area contributed by atoms with Gasteiger partial charge in [-0.25, -0.2) is 0 Å². The molecule has 3 atom stereocenters. The highest BCUT2D eigenvalue weighted by Crippen LogP contribution is 2.38. The molecule has 0 unspecified atom stereocenters. The summed E-state index contributed by atoms with van der Waals surface area (Å²) in [6.45, 7) is 2.36. The van der Waals surface area contributed by atoms with E-state index in [1.165, 1.54) is 25.7 Å². The first-order valence-corrected chi connectivity index (χ1v) is 6.70. The fourth-order valence-corrected chi connectivity index (χ4v) is 3.38. The summed E-state index contributed by atoms with van der Waals surface area (Å²) in [5, 5.41) is 9.32. The Morgan fingerprint density at radius 2 is 2.19 bits per heavy atom. The normalized spacial score (nSPS) is 34.2. The number of carbonyl (C=O) groups is 1. The second-order valence-electron chi connectivity index (χ2n) is 5.22. The average molecular weight is 225 g/mol. The number of rotatable bonds is 4. The van der Waals surface area contributed by atoms with E-state index in [9.17, 15) is 9.90 Å². The van der Waals surface area contributed by atoms with Crippen LogP contribution in [0.3, 0.4) is 0 Å². The van der Waals surface area contributed by atoms with E-state index in [0.717, 1.165) is 12.8 Å². The highest BCUT2D eigenvalue weighted by atomic mass is 16.3. The van der Waals surface area contributed by atoms with Gasteiger partial charge >= 0.3 is 0 Å². The third-order valence-corrected chi connectivity index (χ3v) is 4.25. The molecule has 92 valence electrons. The largest absolute Gasteiger partial charge is 0.394 e. The molecule has 0 aromatic rings. The van der Waals surface area contributed by atoms with Crippen molar-refractivity contribution in [1.82, 2.24) is 4.90 Å². The van der Waals surface area contributed by atoms with E-state index < -0.39 is 0 Å². The maximum absolute atomic E-state index is 11.8. The first-order valence-electron chi connectivity index (χ1n) is 6.70. The number of piperidine rings is 1. The van der Waals surface area contributed by atoms with Gasteiger partial charge in [0.15, 0.2) is 0 Å². The van der Waals surface area contributed by atoms with E-state index in [1.807, 2.05) is 4.90 Å². The van der Waals surface area contributed by atoms with Crippen LogP contribution >= 0.6 is 0 Å². The maximum Gasteiger partial charge on any atom is 0.223 e. The van der Waals surface area contributed by atoms with Gasteiger partial charge in [0.1, 0.15) is 0 Å². The maximum atomic E-state index is 11.8. The van der Waals surface area contributed by atoms with Crippen LogP contribution in [0.4, 0.5) is 0 Å². The van der Waals surface area contributed by atoms with E-state index in [1.54, 1.807) is 0 Å². The minimum absolute atomic E-state index is 0.109. The summed E-state index contributed by atoms with van der Waals surface area (Å²) >= 11 is 0. The van der Waals surface area contributed by atoms with Crippen LogP contribution in [0.25, 0.3) is 0 Å². The van der Waals surface area contributed by atoms with Crippen LogP contribution in [-0.2, 0) is 4.79 Å². The van der Waals surface area contributed by atoms with Crippen LogP contribution in [0, 0.1) is 5.92 Å². The number of hydrogen-bond donors (Lipinski definition) is 1. The number of unbranched alkanes of at least 4 members (excludes halogenated alkanes) is 1. The molecule has 2 aliphatic rings. The Kier molecular flexibility index (Phi) is 3.85. The molecule has 2 fully saturated rings. The van der Waals surface area contributed by atoms with Crippen molar-refractivity contribution in [2.45, 2.75) is 64.0 Å². The molecule has 0 saturated carbocycles. The van der Waals surface area contributed by atoms with Gasteiger partial charge in [-0.05, 0) is 31.6 Å². The zero-order chi connectivity index (χ0) is 11.5. The molecule has 0 aromatic carbocycles. The van der Waals surface area contributed by atoms with Gasteiger partial charge in [0, 0.05) is 12.5 Å². The smallest absolute Gasteiger partial charge is 0.223 e. The van der Waals surface area contributed by atoms with Gasteiger partial charge < -0.3 is 10.0 Å². The Bertz CT molecular complexity index is 254. The van der Waals surface area contributed by atoms with Crippen molar-refractivity contribution in [3.8, 4) is 0 Å². The number of nitrogens with zero attached hydrogens (tertiary/aromatic N) is 1. The van der Waals surface area contributed by atoms with E-state index in [-0.39, 0.29) is 18.6 Å². The second kappa shape index (κ2) is 5.17. The molecule has 3 nitrogen and oxygen atoms in total. The van der Waals surface area contributed by atoms with Gasteiger partial charge in [0.2, 0.25) is 5.91 Å². The molecule has 2 heterocycles. The Morgan fingerprint density at radius 3 is 2.88 bits per heavy atom. The fraction of sp³-hybridized carbons (Fsp3) is 0.923. The summed E-state index contributed by atoms with van der Waals surface area (Å²) in [5.74, 6) is 0.958. The lowest BCUT2D eigenvalue weighted by atomic mass is 9.83. The van der Waals surface area contributed by atoms with Gasteiger partial charge in [0.05, 0.1) is 12.6 Å². The molecule has 0 bridgehead atoms. The first-order chi connectivity index (χ1) is 7.77. The molecule has 0 spiro atoms. The van der Waals surface area contributed by atoms with Crippen LogP contribution < -0.4 is 0 Å². The molecule has 1 N–H and O–H groups in total. The number of hydrogen-bond acceptors (Lipinski definition) is 2. The third-order valence-electron chi connectivity index (χ3n) is 4.25. The lowest BCUT2D eigenvalue weighted by molar-refractivity contribution is -0.135. The van der Waals surface area contributed by atoms with Gasteiger partial charge in [-0.1, -0.05) is 19.8 Å². The first kappa shape index (κ1) is 11.9. The second-order valence-corrected chi connectivity index (χ2v) is 5.22. The molecule has 0 aliphatic carbocycles. The van der Waals surface area contributed by atoms with Gasteiger partial charge in [-0.3, -0.25) is 4.79 Å². The monoisotopic (exact) mass is 225 g/mol. The van der Waals surface area contributed by atoms with E-state index in [2.05, 4.69) is 6.92 Å². The van der Waals surface area contributed by atoms with Gasteiger partial charge in [-0.2, -0.15) is 0 Å². The molecule has 3 heteroatoms. The molecule has 0 radical (unpaired) electrons. The molecule has 0 aromatic heterocycles. The van der Waals surface area contributed by atoms with Crippen LogP contribution in [-0.4, -0.2) is 34.6 Å². The fourth-order valence-electron chi connectivity index (χ4n) is 3.38. The summed E-state index contributed by atoms with van der Waals surface area (Å²) in [4.78, 5) is 13.8. The van der Waals surface area contributed by atoms with Crippen molar-refractivity contribution in [3.63, 3.8) is 0 Å². The summed E-state index contributed by atoms with van der Waals surface area (Å²) in [7, 11) is 0. The van der Waals surface area contributed by atoms with Crippen molar-refractivity contribution in [2.75, 3.05) is 6.61 Å². The molecule has 2 saturated heterocycles. The summed E-state index contributed by atoms with van der Waals surface area (Å²) in [6, 6.07) is 0.544. The SMILES string of the molecule is CCCC[C@@H]1CC[C@@H](CO)N2C(=O)CC[C@@H]12. The van der Waals surface area contributed by atoms with Crippen LogP contribution in [0.2, 0.25) is 0 Å². The number of carbonyl (C=O) groups excluding carboxylic acids is 1. The Hall–Kier alpha value is -0.570. The lowest BCUT2D eigenvalue weighted by Gasteiger charge is -2.42. The number of amides is 1. The molecule has 1 amide bonds. The van der Waals surface area contributed by atoms with Crippen molar-refractivity contribution < 1.29 is 9.90 Å². The zero-order valence-corrected chi connectivity index (χ0v) is 10.2. The molecular weight excluding hydrogens is 202 g/mol. The quantitative estimate of drug-likeness (QED) is 0.794.